The van der Waals surface area contributed by atoms with Gasteiger partial charge in [0.15, 0.2) is 5.11 Å². The number of benzene rings is 2. The summed E-state index contributed by atoms with van der Waals surface area (Å²) in [6.07, 6.45) is 6.30. The van der Waals surface area contributed by atoms with Gasteiger partial charge in [0.25, 0.3) is 0 Å². The van der Waals surface area contributed by atoms with E-state index in [1.807, 2.05) is 24.3 Å². The molecule has 1 saturated carbocycles. The Balaban J connectivity index is 1.57. The van der Waals surface area contributed by atoms with Gasteiger partial charge in [-0.3, -0.25) is 0 Å². The lowest BCUT2D eigenvalue weighted by Crippen LogP contribution is -2.39. The Labute approximate surface area is 159 Å². The van der Waals surface area contributed by atoms with Crippen LogP contribution in [0.3, 0.4) is 0 Å². The molecule has 1 fully saturated rings. The molecule has 0 amide bonds. The van der Waals surface area contributed by atoms with E-state index < -0.39 is 0 Å². The lowest BCUT2D eigenvalue weighted by Gasteiger charge is -2.24. The fraction of sp³-hybridized carbons (Fsp3) is 0.333. The number of imidazole rings is 1. The number of thiocarbonyl (C=S) groups is 1. The van der Waals surface area contributed by atoms with Crippen LogP contribution in [0.4, 0.5) is 5.95 Å². The maximum absolute atomic E-state index is 5.57. The number of nitrogens with one attached hydrogen (secondary N) is 2. The number of anilines is 1. The van der Waals surface area contributed by atoms with Crippen molar-refractivity contribution >= 4 is 34.3 Å². The topological polar surface area (TPSA) is 41.9 Å². The van der Waals surface area contributed by atoms with Crippen LogP contribution in [0.1, 0.15) is 37.7 Å². The van der Waals surface area contributed by atoms with E-state index in [1.165, 1.54) is 37.7 Å². The highest BCUT2D eigenvalue weighted by atomic mass is 32.1. The van der Waals surface area contributed by atoms with Gasteiger partial charge in [0.05, 0.1) is 17.6 Å². The zero-order valence-corrected chi connectivity index (χ0v) is 15.6. The molecule has 4 rings (SSSR count). The minimum absolute atomic E-state index is 0.482. The highest BCUT2D eigenvalue weighted by Gasteiger charge is 2.16. The Hall–Kier alpha value is -2.40. The second-order valence-corrected chi connectivity index (χ2v) is 7.34. The summed E-state index contributed by atoms with van der Waals surface area (Å²) in [5.41, 5.74) is 3.33. The summed E-state index contributed by atoms with van der Waals surface area (Å²) in [7, 11) is 0. The van der Waals surface area contributed by atoms with Crippen molar-refractivity contribution in [1.29, 1.82) is 0 Å². The molecule has 4 nitrogen and oxygen atoms in total. The fourth-order valence-electron chi connectivity index (χ4n) is 3.67. The zero-order chi connectivity index (χ0) is 17.8. The van der Waals surface area contributed by atoms with Gasteiger partial charge in [-0.15, -0.1) is 0 Å². The summed E-state index contributed by atoms with van der Waals surface area (Å²) in [5, 5.41) is 7.48. The van der Waals surface area contributed by atoms with E-state index in [0.29, 0.717) is 11.2 Å². The third-order valence-electron chi connectivity index (χ3n) is 5.00. The van der Waals surface area contributed by atoms with E-state index in [-0.39, 0.29) is 0 Å². The highest BCUT2D eigenvalue weighted by Crippen LogP contribution is 2.22. The molecule has 0 atom stereocenters. The number of hydrogen-bond acceptors (Lipinski definition) is 2. The first-order valence-corrected chi connectivity index (χ1v) is 9.77. The van der Waals surface area contributed by atoms with E-state index in [1.54, 1.807) is 0 Å². The first-order chi connectivity index (χ1) is 12.8. The van der Waals surface area contributed by atoms with Crippen molar-refractivity contribution in [2.45, 2.75) is 44.7 Å². The minimum atomic E-state index is 0.482. The lowest BCUT2D eigenvalue weighted by molar-refractivity contribution is 0.414. The Morgan fingerprint density at radius 2 is 1.73 bits per heavy atom. The Morgan fingerprint density at radius 1 is 1.00 bits per heavy atom. The molecule has 0 bridgehead atoms. The normalized spacial score (nSPS) is 15.1. The van der Waals surface area contributed by atoms with Gasteiger partial charge >= 0.3 is 0 Å². The number of fused-ring (bicyclic) bond motifs is 1. The van der Waals surface area contributed by atoms with Crippen molar-refractivity contribution in [3.8, 4) is 0 Å². The minimum Gasteiger partial charge on any atom is -0.360 e. The van der Waals surface area contributed by atoms with E-state index in [2.05, 4.69) is 45.5 Å². The number of nitrogens with zero attached hydrogens (tertiary/aromatic N) is 2. The van der Waals surface area contributed by atoms with Crippen molar-refractivity contribution in [3.63, 3.8) is 0 Å². The summed E-state index contributed by atoms with van der Waals surface area (Å²) in [6, 6.07) is 19.1. The van der Waals surface area contributed by atoms with Crippen LogP contribution in [-0.4, -0.2) is 20.7 Å². The van der Waals surface area contributed by atoms with Gasteiger partial charge in [-0.25, -0.2) is 4.98 Å². The van der Waals surface area contributed by atoms with Gasteiger partial charge < -0.3 is 15.2 Å². The van der Waals surface area contributed by atoms with Crippen LogP contribution >= 0.6 is 12.2 Å². The molecule has 0 aliphatic heterocycles. The molecule has 0 saturated heterocycles. The van der Waals surface area contributed by atoms with Gasteiger partial charge in [0.1, 0.15) is 0 Å². The van der Waals surface area contributed by atoms with Gasteiger partial charge in [0.2, 0.25) is 5.95 Å². The molecule has 1 aromatic heterocycles. The van der Waals surface area contributed by atoms with Crippen molar-refractivity contribution in [1.82, 2.24) is 14.9 Å². The van der Waals surface area contributed by atoms with E-state index in [4.69, 9.17) is 17.2 Å². The third-order valence-corrected chi connectivity index (χ3v) is 5.22. The average Bonchev–Trinajstić information content (AvgIpc) is 3.00. The van der Waals surface area contributed by atoms with E-state index >= 15 is 0 Å². The largest absolute Gasteiger partial charge is 0.360 e. The van der Waals surface area contributed by atoms with Gasteiger partial charge in [0, 0.05) is 6.04 Å². The van der Waals surface area contributed by atoms with Crippen LogP contribution in [0.25, 0.3) is 11.0 Å². The third kappa shape index (κ3) is 3.88. The molecular formula is C21H24N4S. The van der Waals surface area contributed by atoms with Gasteiger partial charge in [-0.05, 0) is 42.8 Å². The molecule has 2 N–H and O–H groups in total. The van der Waals surface area contributed by atoms with E-state index in [0.717, 1.165) is 23.5 Å². The summed E-state index contributed by atoms with van der Waals surface area (Å²) >= 11 is 5.57. The lowest BCUT2D eigenvalue weighted by atomic mass is 9.96. The fourth-order valence-corrected chi connectivity index (χ4v) is 3.92. The zero-order valence-electron chi connectivity index (χ0n) is 14.8. The molecule has 3 aromatic rings. The SMILES string of the molecule is S=C(Nc1nc2ccccc2n1Cc1ccccc1)NC1CCCCC1. The smallest absolute Gasteiger partial charge is 0.210 e. The van der Waals surface area contributed by atoms with Crippen molar-refractivity contribution in [2.75, 3.05) is 5.32 Å². The van der Waals surface area contributed by atoms with Crippen LogP contribution in [0.5, 0.6) is 0 Å². The second-order valence-electron chi connectivity index (χ2n) is 6.93. The van der Waals surface area contributed by atoms with Crippen LogP contribution < -0.4 is 10.6 Å². The standard InChI is InChI=1S/C21H24N4S/c26-21(22-17-11-5-2-6-12-17)24-20-23-18-13-7-8-14-19(18)25(20)15-16-9-3-1-4-10-16/h1,3-4,7-10,13-14,17H,2,5-6,11-12,15H2,(H2,22,23,24,26). The van der Waals surface area contributed by atoms with Crippen LogP contribution in [0.2, 0.25) is 0 Å². The summed E-state index contributed by atoms with van der Waals surface area (Å²) in [5.74, 6) is 0.795. The molecule has 0 spiro atoms. The first-order valence-electron chi connectivity index (χ1n) is 9.36. The molecule has 1 aliphatic rings. The summed E-state index contributed by atoms with van der Waals surface area (Å²) < 4.78 is 2.19. The number of aromatic nitrogens is 2. The highest BCUT2D eigenvalue weighted by molar-refractivity contribution is 7.80. The predicted molar refractivity (Wildman–Crippen MR) is 112 cm³/mol. The Morgan fingerprint density at radius 3 is 2.54 bits per heavy atom. The maximum atomic E-state index is 5.57. The molecule has 5 heteroatoms. The number of para-hydroxylation sites is 2. The van der Waals surface area contributed by atoms with Crippen LogP contribution in [0, 0.1) is 0 Å². The summed E-state index contributed by atoms with van der Waals surface area (Å²) in [4.78, 5) is 4.77. The first kappa shape index (κ1) is 17.0. The number of rotatable bonds is 4. The molecule has 0 radical (unpaired) electrons. The molecule has 26 heavy (non-hydrogen) atoms. The Kier molecular flexibility index (Phi) is 5.16. The molecule has 1 heterocycles. The molecular weight excluding hydrogens is 340 g/mol. The van der Waals surface area contributed by atoms with Crippen LogP contribution in [-0.2, 0) is 6.54 Å². The quantitative estimate of drug-likeness (QED) is 0.658. The van der Waals surface area contributed by atoms with Crippen molar-refractivity contribution in [2.24, 2.45) is 0 Å². The second kappa shape index (κ2) is 7.87. The maximum Gasteiger partial charge on any atom is 0.210 e. The summed E-state index contributed by atoms with van der Waals surface area (Å²) in [6.45, 7) is 0.760. The average molecular weight is 365 g/mol. The van der Waals surface area contributed by atoms with Crippen molar-refractivity contribution in [3.05, 3.63) is 60.2 Å². The van der Waals surface area contributed by atoms with Crippen LogP contribution in [0.15, 0.2) is 54.6 Å². The van der Waals surface area contributed by atoms with Crippen molar-refractivity contribution < 1.29 is 0 Å². The van der Waals surface area contributed by atoms with Gasteiger partial charge in [-0.1, -0.05) is 61.7 Å². The molecule has 0 unspecified atom stereocenters. The Bertz CT molecular complexity index is 881. The van der Waals surface area contributed by atoms with Gasteiger partial charge in [-0.2, -0.15) is 0 Å². The monoisotopic (exact) mass is 364 g/mol. The molecule has 1 aliphatic carbocycles. The number of hydrogen-bond donors (Lipinski definition) is 2. The predicted octanol–water partition coefficient (Wildman–Crippen LogP) is 4.70. The van der Waals surface area contributed by atoms with E-state index in [9.17, 15) is 0 Å². The molecule has 134 valence electrons. The molecule has 2 aromatic carbocycles.